The summed E-state index contributed by atoms with van der Waals surface area (Å²) in [5.41, 5.74) is 7.69. The maximum atomic E-state index is 5.66. The van der Waals surface area contributed by atoms with E-state index < -0.39 is 0 Å². The van der Waals surface area contributed by atoms with Crippen molar-refractivity contribution < 1.29 is 0 Å². The Kier molecular flexibility index (Phi) is 1.69. The van der Waals surface area contributed by atoms with E-state index in [0.29, 0.717) is 11.7 Å². The molecule has 0 unspecified atom stereocenters. The van der Waals surface area contributed by atoms with E-state index in [4.69, 9.17) is 5.73 Å². The minimum atomic E-state index is 0.364. The van der Waals surface area contributed by atoms with Crippen LogP contribution < -0.4 is 5.73 Å². The molecule has 68 valence electrons. The van der Waals surface area contributed by atoms with Gasteiger partial charge in [0.2, 0.25) is 0 Å². The Bertz CT molecular complexity index is 430. The van der Waals surface area contributed by atoms with Crippen LogP contribution in [0, 0.1) is 0 Å². The molecule has 0 bridgehead atoms. The molecule has 2 aromatic rings. The van der Waals surface area contributed by atoms with Gasteiger partial charge in [-0.3, -0.25) is 0 Å². The Labute approximate surface area is 76.4 Å². The van der Waals surface area contributed by atoms with E-state index in [1.165, 1.54) is 0 Å². The lowest BCUT2D eigenvalue weighted by atomic mass is 10.1. The van der Waals surface area contributed by atoms with Gasteiger partial charge in [0.1, 0.15) is 5.82 Å². The van der Waals surface area contributed by atoms with E-state index in [1.807, 2.05) is 10.6 Å². The van der Waals surface area contributed by atoms with E-state index in [9.17, 15) is 0 Å². The molecule has 4 nitrogen and oxygen atoms in total. The highest BCUT2D eigenvalue weighted by Gasteiger charge is 2.08. The minimum absolute atomic E-state index is 0.364. The average Bonchev–Trinajstić information content (AvgIpc) is 2.49. The van der Waals surface area contributed by atoms with Crippen molar-refractivity contribution in [1.29, 1.82) is 0 Å². The van der Waals surface area contributed by atoms with Crippen LogP contribution in [0.4, 0.5) is 5.82 Å². The van der Waals surface area contributed by atoms with Crippen molar-refractivity contribution in [1.82, 2.24) is 14.4 Å². The maximum Gasteiger partial charge on any atom is 0.140 e. The molecule has 2 heterocycles. The van der Waals surface area contributed by atoms with E-state index in [0.717, 1.165) is 11.2 Å². The van der Waals surface area contributed by atoms with Crippen LogP contribution in [0.5, 0.6) is 0 Å². The Morgan fingerprint density at radius 3 is 2.92 bits per heavy atom. The fraction of sp³-hybridized carbons (Fsp3) is 0.333. The molecule has 0 fully saturated rings. The zero-order valence-corrected chi connectivity index (χ0v) is 7.73. The van der Waals surface area contributed by atoms with Crippen molar-refractivity contribution in [2.75, 3.05) is 5.73 Å². The number of anilines is 1. The van der Waals surface area contributed by atoms with Gasteiger partial charge in [0.05, 0.1) is 29.9 Å². The lowest BCUT2D eigenvalue weighted by Crippen LogP contribution is -2.01. The minimum Gasteiger partial charge on any atom is -0.382 e. The predicted molar refractivity (Wildman–Crippen MR) is 51.5 cm³/mol. The highest BCUT2D eigenvalue weighted by atomic mass is 15.0. The van der Waals surface area contributed by atoms with Gasteiger partial charge in [0, 0.05) is 0 Å². The van der Waals surface area contributed by atoms with Crippen molar-refractivity contribution in [2.45, 2.75) is 19.8 Å². The Hall–Kier alpha value is -1.58. The predicted octanol–water partition coefficient (Wildman–Crippen LogP) is 1.43. The van der Waals surface area contributed by atoms with Crippen molar-refractivity contribution in [3.8, 4) is 0 Å². The molecule has 0 saturated heterocycles. The summed E-state index contributed by atoms with van der Waals surface area (Å²) in [5.74, 6) is 0.900. The van der Waals surface area contributed by atoms with E-state index in [2.05, 4.69) is 23.8 Å². The van der Waals surface area contributed by atoms with Crippen molar-refractivity contribution in [3.05, 3.63) is 24.4 Å². The third-order valence-electron chi connectivity index (χ3n) is 2.00. The lowest BCUT2D eigenvalue weighted by Gasteiger charge is -2.07. The molecule has 2 N–H and O–H groups in total. The van der Waals surface area contributed by atoms with Crippen molar-refractivity contribution >= 4 is 11.3 Å². The van der Waals surface area contributed by atoms with Gasteiger partial charge >= 0.3 is 0 Å². The van der Waals surface area contributed by atoms with Crippen LogP contribution in [0.1, 0.15) is 25.5 Å². The normalized spacial score (nSPS) is 11.3. The number of aromatic nitrogens is 3. The van der Waals surface area contributed by atoms with Gasteiger partial charge in [-0.25, -0.2) is 9.97 Å². The lowest BCUT2D eigenvalue weighted by molar-refractivity contribution is 0.825. The molecule has 0 radical (unpaired) electrons. The zero-order chi connectivity index (χ0) is 9.42. The van der Waals surface area contributed by atoms with Gasteiger partial charge in [0.15, 0.2) is 0 Å². The standard InChI is InChI=1S/C9H12N4/c1-6(2)9-7-3-11-5-13(7)4-8(10)12-9/h3-6H,10H2,1-2H3. The Morgan fingerprint density at radius 2 is 2.23 bits per heavy atom. The number of hydrogen-bond donors (Lipinski definition) is 1. The number of imidazole rings is 1. The summed E-state index contributed by atoms with van der Waals surface area (Å²) in [6, 6.07) is 0. The second-order valence-corrected chi connectivity index (χ2v) is 3.39. The van der Waals surface area contributed by atoms with Crippen molar-refractivity contribution in [3.63, 3.8) is 0 Å². The third-order valence-corrected chi connectivity index (χ3v) is 2.00. The Balaban J connectivity index is 2.77. The first-order chi connectivity index (χ1) is 6.18. The molecule has 4 heteroatoms. The first-order valence-corrected chi connectivity index (χ1v) is 4.26. The van der Waals surface area contributed by atoms with Crippen LogP contribution in [0.2, 0.25) is 0 Å². The molecule has 0 aliphatic heterocycles. The summed E-state index contributed by atoms with van der Waals surface area (Å²) < 4.78 is 1.90. The van der Waals surface area contributed by atoms with Crippen LogP contribution in [0.3, 0.4) is 0 Å². The van der Waals surface area contributed by atoms with E-state index in [1.54, 1.807) is 12.5 Å². The number of rotatable bonds is 1. The second-order valence-electron chi connectivity index (χ2n) is 3.39. The topological polar surface area (TPSA) is 56.2 Å². The zero-order valence-electron chi connectivity index (χ0n) is 7.73. The number of nitrogen functional groups attached to an aromatic ring is 1. The van der Waals surface area contributed by atoms with Gasteiger partial charge < -0.3 is 10.1 Å². The molecule has 2 rings (SSSR count). The van der Waals surface area contributed by atoms with Crippen LogP contribution in [0.15, 0.2) is 18.7 Å². The molecule has 0 amide bonds. The second kappa shape index (κ2) is 2.73. The monoisotopic (exact) mass is 176 g/mol. The van der Waals surface area contributed by atoms with Crippen molar-refractivity contribution in [2.24, 2.45) is 0 Å². The summed E-state index contributed by atoms with van der Waals surface area (Å²) in [4.78, 5) is 8.34. The summed E-state index contributed by atoms with van der Waals surface area (Å²) in [6.07, 6.45) is 5.31. The van der Waals surface area contributed by atoms with Crippen LogP contribution in [0.25, 0.3) is 5.52 Å². The molecule has 0 aromatic carbocycles. The van der Waals surface area contributed by atoms with Crippen LogP contribution in [-0.4, -0.2) is 14.4 Å². The van der Waals surface area contributed by atoms with Crippen LogP contribution in [-0.2, 0) is 0 Å². The highest BCUT2D eigenvalue weighted by molar-refractivity contribution is 5.53. The number of nitrogens with zero attached hydrogens (tertiary/aromatic N) is 3. The smallest absolute Gasteiger partial charge is 0.140 e. The molecule has 0 atom stereocenters. The van der Waals surface area contributed by atoms with E-state index in [-0.39, 0.29) is 0 Å². The quantitative estimate of drug-likeness (QED) is 0.715. The number of hydrogen-bond acceptors (Lipinski definition) is 3. The van der Waals surface area contributed by atoms with Crippen LogP contribution >= 0.6 is 0 Å². The maximum absolute atomic E-state index is 5.66. The fourth-order valence-electron chi connectivity index (χ4n) is 1.40. The van der Waals surface area contributed by atoms with E-state index >= 15 is 0 Å². The molecule has 0 saturated carbocycles. The van der Waals surface area contributed by atoms with Gasteiger partial charge in [-0.05, 0) is 5.92 Å². The first kappa shape index (κ1) is 8.04. The fourth-order valence-corrected chi connectivity index (χ4v) is 1.40. The largest absolute Gasteiger partial charge is 0.382 e. The SMILES string of the molecule is CC(C)c1nc(N)cn2cncc12. The molecular formula is C9H12N4. The Morgan fingerprint density at radius 1 is 1.46 bits per heavy atom. The molecular weight excluding hydrogens is 164 g/mol. The summed E-state index contributed by atoms with van der Waals surface area (Å²) in [7, 11) is 0. The molecule has 0 aliphatic carbocycles. The third kappa shape index (κ3) is 1.24. The summed E-state index contributed by atoms with van der Waals surface area (Å²) in [5, 5.41) is 0. The van der Waals surface area contributed by atoms with Gasteiger partial charge in [-0.1, -0.05) is 13.8 Å². The molecule has 13 heavy (non-hydrogen) atoms. The molecule has 0 aliphatic rings. The van der Waals surface area contributed by atoms with Gasteiger partial charge in [0.25, 0.3) is 0 Å². The van der Waals surface area contributed by atoms with Gasteiger partial charge in [-0.2, -0.15) is 0 Å². The van der Waals surface area contributed by atoms with Gasteiger partial charge in [-0.15, -0.1) is 0 Å². The molecule has 2 aromatic heterocycles. The summed E-state index contributed by atoms with van der Waals surface area (Å²) >= 11 is 0. The number of fused-ring (bicyclic) bond motifs is 1. The number of nitrogens with two attached hydrogens (primary N) is 1. The molecule has 0 spiro atoms. The summed E-state index contributed by atoms with van der Waals surface area (Å²) in [6.45, 7) is 4.18. The highest BCUT2D eigenvalue weighted by Crippen LogP contribution is 2.18. The average molecular weight is 176 g/mol. The first-order valence-electron chi connectivity index (χ1n) is 4.26.